The van der Waals surface area contributed by atoms with Gasteiger partial charge in [-0.25, -0.2) is 9.50 Å². The first-order valence-corrected chi connectivity index (χ1v) is 10.9. The Morgan fingerprint density at radius 1 is 1.10 bits per heavy atom. The first-order valence-electron chi connectivity index (χ1n) is 9.57. The van der Waals surface area contributed by atoms with E-state index in [1.54, 1.807) is 0 Å². The smallest absolute Gasteiger partial charge is 0.230 e. The molecule has 0 aliphatic rings. The average Bonchev–Trinajstić information content (AvgIpc) is 3.07. The summed E-state index contributed by atoms with van der Waals surface area (Å²) >= 11 is 7.49. The fraction of sp³-hybridized carbons (Fsp3) is 0.174. The second-order valence-corrected chi connectivity index (χ2v) is 8.42. The van der Waals surface area contributed by atoms with Crippen LogP contribution >= 0.6 is 23.4 Å². The zero-order valence-corrected chi connectivity index (χ0v) is 18.3. The van der Waals surface area contributed by atoms with Gasteiger partial charge in [-0.1, -0.05) is 65.8 Å². The van der Waals surface area contributed by atoms with E-state index in [0.29, 0.717) is 17.3 Å². The van der Waals surface area contributed by atoms with Gasteiger partial charge in [0.05, 0.1) is 11.4 Å². The fourth-order valence-corrected chi connectivity index (χ4v) is 4.27. The number of thioether (sulfide) groups is 1. The number of rotatable bonds is 6. The van der Waals surface area contributed by atoms with Gasteiger partial charge in [-0.15, -0.1) is 0 Å². The third-order valence-corrected chi connectivity index (χ3v) is 5.92. The summed E-state index contributed by atoms with van der Waals surface area (Å²) < 4.78 is 1.82. The third-order valence-electron chi connectivity index (χ3n) is 4.68. The van der Waals surface area contributed by atoms with Crippen molar-refractivity contribution in [3.05, 3.63) is 82.6 Å². The van der Waals surface area contributed by atoms with Crippen LogP contribution in [-0.4, -0.2) is 26.3 Å². The van der Waals surface area contributed by atoms with Gasteiger partial charge < -0.3 is 5.32 Å². The molecule has 0 fully saturated rings. The second-order valence-electron chi connectivity index (χ2n) is 6.99. The molecule has 5 nitrogen and oxygen atoms in total. The van der Waals surface area contributed by atoms with Crippen LogP contribution in [0.1, 0.15) is 17.0 Å². The monoisotopic (exact) mass is 436 g/mol. The molecule has 0 saturated carbocycles. The highest BCUT2D eigenvalue weighted by molar-refractivity contribution is 7.99. The Morgan fingerprint density at radius 2 is 1.83 bits per heavy atom. The van der Waals surface area contributed by atoms with Gasteiger partial charge in [-0.05, 0) is 43.2 Å². The first kappa shape index (κ1) is 20.4. The molecule has 2 aromatic heterocycles. The summed E-state index contributed by atoms with van der Waals surface area (Å²) in [6.07, 6.45) is 0. The highest BCUT2D eigenvalue weighted by Crippen LogP contribution is 2.31. The number of nitrogens with one attached hydrogen (secondary N) is 1. The van der Waals surface area contributed by atoms with Crippen LogP contribution in [-0.2, 0) is 11.3 Å². The van der Waals surface area contributed by atoms with Gasteiger partial charge in [0.2, 0.25) is 5.91 Å². The average molecular weight is 437 g/mol. The number of hydrogen-bond donors (Lipinski definition) is 1. The van der Waals surface area contributed by atoms with Gasteiger partial charge in [0.1, 0.15) is 5.03 Å². The van der Waals surface area contributed by atoms with Gasteiger partial charge in [0.15, 0.2) is 5.65 Å². The number of carbonyl (C=O) groups is 1. The number of benzene rings is 2. The van der Waals surface area contributed by atoms with E-state index in [1.165, 1.54) is 11.8 Å². The highest BCUT2D eigenvalue weighted by Gasteiger charge is 2.17. The van der Waals surface area contributed by atoms with E-state index in [-0.39, 0.29) is 5.91 Å². The maximum absolute atomic E-state index is 12.3. The molecule has 1 amide bonds. The van der Waals surface area contributed by atoms with Gasteiger partial charge >= 0.3 is 0 Å². The van der Waals surface area contributed by atoms with Crippen LogP contribution in [0.4, 0.5) is 0 Å². The summed E-state index contributed by atoms with van der Waals surface area (Å²) in [5, 5.41) is 9.23. The summed E-state index contributed by atoms with van der Waals surface area (Å²) in [6, 6.07) is 19.5. The highest BCUT2D eigenvalue weighted by atomic mass is 35.5. The first-order chi connectivity index (χ1) is 14.5. The molecule has 0 saturated heterocycles. The molecule has 0 bridgehead atoms. The molecule has 7 heteroatoms. The minimum absolute atomic E-state index is 0.0201. The number of aromatic nitrogens is 3. The van der Waals surface area contributed by atoms with E-state index in [0.717, 1.165) is 38.8 Å². The molecule has 152 valence electrons. The molecule has 0 aliphatic heterocycles. The van der Waals surface area contributed by atoms with Crippen molar-refractivity contribution in [3.63, 3.8) is 0 Å². The fourth-order valence-electron chi connectivity index (χ4n) is 3.26. The zero-order valence-electron chi connectivity index (χ0n) is 16.7. The van der Waals surface area contributed by atoms with Crippen LogP contribution in [0.3, 0.4) is 0 Å². The number of carbonyl (C=O) groups excluding carboxylic acids is 1. The summed E-state index contributed by atoms with van der Waals surface area (Å²) in [7, 11) is 0. The number of hydrogen-bond acceptors (Lipinski definition) is 4. The predicted molar refractivity (Wildman–Crippen MR) is 122 cm³/mol. The lowest BCUT2D eigenvalue weighted by molar-refractivity contribution is -0.118. The molecule has 4 aromatic rings. The lowest BCUT2D eigenvalue weighted by atomic mass is 10.1. The van der Waals surface area contributed by atoms with E-state index in [2.05, 4.69) is 5.32 Å². The lowest BCUT2D eigenvalue weighted by Crippen LogP contribution is -2.24. The Hall–Kier alpha value is -2.83. The summed E-state index contributed by atoms with van der Waals surface area (Å²) in [4.78, 5) is 17.1. The summed E-state index contributed by atoms with van der Waals surface area (Å²) in [5.41, 5.74) is 5.61. The topological polar surface area (TPSA) is 59.3 Å². The molecule has 0 radical (unpaired) electrons. The van der Waals surface area contributed by atoms with Gasteiger partial charge in [-0.2, -0.15) is 5.10 Å². The van der Waals surface area contributed by atoms with E-state index < -0.39 is 0 Å². The maximum Gasteiger partial charge on any atom is 0.230 e. The number of fused-ring (bicyclic) bond motifs is 1. The summed E-state index contributed by atoms with van der Waals surface area (Å²) in [6.45, 7) is 4.44. The number of nitrogens with zero attached hydrogens (tertiary/aromatic N) is 3. The van der Waals surface area contributed by atoms with Gasteiger partial charge in [0, 0.05) is 22.8 Å². The lowest BCUT2D eigenvalue weighted by Gasteiger charge is -2.08. The van der Waals surface area contributed by atoms with Crippen LogP contribution in [0, 0.1) is 13.8 Å². The van der Waals surface area contributed by atoms with Crippen molar-refractivity contribution in [2.45, 2.75) is 25.4 Å². The van der Waals surface area contributed by atoms with Crippen LogP contribution in [0.5, 0.6) is 0 Å². The molecular formula is C23H21ClN4OS. The molecule has 0 atom stereocenters. The third kappa shape index (κ3) is 4.50. The number of halogens is 1. The van der Waals surface area contributed by atoms with Gasteiger partial charge in [0.25, 0.3) is 0 Å². The Balaban J connectivity index is 1.55. The number of aryl methyl sites for hydroxylation is 2. The molecule has 2 heterocycles. The SMILES string of the molecule is Cc1cc(SCC(=O)NCc2ccccc2)n2nc(C)c(-c3ccc(Cl)cc3)c2n1. The predicted octanol–water partition coefficient (Wildman–Crippen LogP) is 5.08. The largest absolute Gasteiger partial charge is 0.351 e. The molecule has 0 spiro atoms. The van der Waals surface area contributed by atoms with Crippen LogP contribution in [0.15, 0.2) is 65.7 Å². The second kappa shape index (κ2) is 8.90. The van der Waals surface area contributed by atoms with Crippen molar-refractivity contribution in [2.24, 2.45) is 0 Å². The van der Waals surface area contributed by atoms with Crippen molar-refractivity contribution >= 4 is 34.9 Å². The molecule has 2 aromatic carbocycles. The molecule has 1 N–H and O–H groups in total. The Kier molecular flexibility index (Phi) is 6.06. The zero-order chi connectivity index (χ0) is 21.1. The quantitative estimate of drug-likeness (QED) is 0.338. The van der Waals surface area contributed by atoms with Crippen LogP contribution < -0.4 is 5.32 Å². The standard InChI is InChI=1S/C23H21ClN4OS/c1-15-12-21(30-14-20(29)25-13-17-6-4-3-5-7-17)28-23(26-15)22(16(2)27-28)18-8-10-19(24)11-9-18/h3-12H,13-14H2,1-2H3,(H,25,29). The van der Waals surface area contributed by atoms with E-state index >= 15 is 0 Å². The molecule has 0 unspecified atom stereocenters. The van der Waals surface area contributed by atoms with Crippen LogP contribution in [0.2, 0.25) is 5.02 Å². The van der Waals surface area contributed by atoms with Crippen molar-refractivity contribution in [3.8, 4) is 11.1 Å². The maximum atomic E-state index is 12.3. The van der Waals surface area contributed by atoms with Crippen molar-refractivity contribution < 1.29 is 4.79 Å². The van der Waals surface area contributed by atoms with Gasteiger partial charge in [-0.3, -0.25) is 4.79 Å². The van der Waals surface area contributed by atoms with E-state index in [1.807, 2.05) is 79.0 Å². The normalized spacial score (nSPS) is 11.0. The van der Waals surface area contributed by atoms with Crippen molar-refractivity contribution in [1.29, 1.82) is 0 Å². The van der Waals surface area contributed by atoms with E-state index in [9.17, 15) is 4.79 Å². The van der Waals surface area contributed by atoms with Crippen molar-refractivity contribution in [2.75, 3.05) is 5.75 Å². The Bertz CT molecular complexity index is 1190. The molecule has 4 rings (SSSR count). The minimum atomic E-state index is -0.0201. The Labute approximate surface area is 184 Å². The minimum Gasteiger partial charge on any atom is -0.351 e. The summed E-state index contributed by atoms with van der Waals surface area (Å²) in [5.74, 6) is 0.286. The van der Waals surface area contributed by atoms with Crippen molar-refractivity contribution in [1.82, 2.24) is 19.9 Å². The van der Waals surface area contributed by atoms with Crippen LogP contribution in [0.25, 0.3) is 16.8 Å². The van der Waals surface area contributed by atoms with E-state index in [4.69, 9.17) is 21.7 Å². The number of amides is 1. The molecular weight excluding hydrogens is 416 g/mol. The molecule has 30 heavy (non-hydrogen) atoms. The Morgan fingerprint density at radius 3 is 2.57 bits per heavy atom. The molecule has 0 aliphatic carbocycles.